The van der Waals surface area contributed by atoms with Crippen LogP contribution in [0.5, 0.6) is 0 Å². The van der Waals surface area contributed by atoms with Gasteiger partial charge in [0.05, 0.1) is 0 Å². The second-order valence-electron chi connectivity index (χ2n) is 63.6. The third kappa shape index (κ3) is 39.0. The molecule has 2 unspecified atom stereocenters. The lowest BCUT2D eigenvalue weighted by Gasteiger charge is -2.52. The van der Waals surface area contributed by atoms with Crippen molar-refractivity contribution in [3.8, 4) is 0 Å². The lowest BCUT2D eigenvalue weighted by Crippen LogP contribution is -2.59. The fraction of sp³-hybridized carbons (Fsp3) is 1.00. The van der Waals surface area contributed by atoms with E-state index in [2.05, 4.69) is 364 Å². The third-order valence-corrected chi connectivity index (χ3v) is 38.5. The molecule has 13 aliphatic heterocycles. The molecule has 812 valence electrons. The maximum atomic E-state index is 2.77. The third-order valence-electron chi connectivity index (χ3n) is 38.5. The number of unbranched alkanes of at least 4 members (excludes halogenated alkanes) is 1. The average Bonchev–Trinajstić information content (AvgIpc) is 1.58. The van der Waals surface area contributed by atoms with Crippen molar-refractivity contribution in [2.24, 2.45) is 115 Å². The highest BCUT2D eigenvalue weighted by Gasteiger charge is 2.59. The molecule has 15 rings (SSSR count). The fourth-order valence-corrected chi connectivity index (χ4v) is 26.1. The summed E-state index contributed by atoms with van der Waals surface area (Å²) in [6.07, 6.45) is 22.4. The maximum absolute atomic E-state index is 2.77. The molecule has 0 amide bonds. The molecule has 0 aromatic carbocycles. The Morgan fingerprint density at radius 1 is 0.188 bits per heavy atom. The van der Waals surface area contributed by atoms with Crippen molar-refractivity contribution in [2.45, 2.75) is 444 Å². The number of rotatable bonds is 17. The van der Waals surface area contributed by atoms with Gasteiger partial charge in [-0.15, -0.1) is 0 Å². The molecule has 2 saturated carbocycles. The standard InChI is InChI=1S/C20H40N2.C19H39N3.C19H36N2.C18H35N3.2C16H32N2.C15H31N/c1-19(2,3)18-10-13-21(14-11-18)12-7-17-8-15-22(16-9-17)20(4,5)6;1-18(2,3)21-11-8-17(9-12-21)7-10-20-13-15-22(16-14-20)19(4,5)6;1-18(2,3)14-7-9-20(10-8-14)11-15-16-12-21(13-17(15)16)19(4,5)6;1-17(2,3)20-9-7-19(8-10-20)11-14-15-12-21(13-16(14)15)18(4,5)6;1-15(2,3)13-11-17(12-13)14-7-9-18(10-8-14)16(4,5)6;1-15(2,3)14-11-17(12-14)9-13-7-8-18(10-13)16(4,5)6;1-14(2,3)9-7-8-10-16-11-13(12-16)15(4,5)6/h17-18H,7-16H2,1-6H3;17H,7-16H2,1-6H3;14-17H,7-13H2,1-6H3;14-16H,7-13H2,1-6H3;2*13-14H,7-12H2,1-6H3;13H,7-12H2,1-6H3/t;;15?,16-,17+;14?,15-,16+;;13-;/m.....1./s1. The fourth-order valence-electron chi connectivity index (χ4n) is 26.1. The first-order valence-corrected chi connectivity index (χ1v) is 59.3. The molecular weight excluding hydrogens is 1690 g/mol. The van der Waals surface area contributed by atoms with E-state index in [-0.39, 0.29) is 0 Å². The summed E-state index contributed by atoms with van der Waals surface area (Å²) in [7, 11) is 0. The Hall–Kier alpha value is -0.600. The van der Waals surface area contributed by atoms with Crippen molar-refractivity contribution in [1.82, 2.24) is 73.5 Å². The number of likely N-dealkylation sites (tertiary alicyclic amines) is 11. The number of hydrogen-bond acceptors (Lipinski definition) is 15. The minimum absolute atomic E-state index is 0.339. The predicted octanol–water partition coefficient (Wildman–Crippen LogP) is 24.5. The van der Waals surface area contributed by atoms with Crippen molar-refractivity contribution >= 4 is 0 Å². The Morgan fingerprint density at radius 3 is 0.768 bits per heavy atom. The van der Waals surface area contributed by atoms with Crippen LogP contribution >= 0.6 is 0 Å². The van der Waals surface area contributed by atoms with E-state index in [4.69, 9.17) is 0 Å². The van der Waals surface area contributed by atoms with E-state index in [1.54, 1.807) is 0 Å². The van der Waals surface area contributed by atoms with Crippen molar-refractivity contribution in [3.05, 3.63) is 0 Å². The first-order valence-electron chi connectivity index (χ1n) is 59.3. The molecule has 138 heavy (non-hydrogen) atoms. The summed E-state index contributed by atoms with van der Waals surface area (Å²) in [5, 5.41) is 0. The summed E-state index contributed by atoms with van der Waals surface area (Å²) < 4.78 is 0. The highest BCUT2D eigenvalue weighted by atomic mass is 15.3. The number of piperidine rings is 7. The monoisotopic (exact) mass is 1930 g/mol. The van der Waals surface area contributed by atoms with Crippen LogP contribution in [-0.4, -0.2) is 359 Å². The first-order chi connectivity index (χ1) is 63.2. The van der Waals surface area contributed by atoms with Crippen molar-refractivity contribution in [1.29, 1.82) is 0 Å². The van der Waals surface area contributed by atoms with Crippen LogP contribution in [0.2, 0.25) is 0 Å². The number of hydrogen-bond donors (Lipinski definition) is 0. The van der Waals surface area contributed by atoms with Gasteiger partial charge < -0.3 is 29.4 Å². The SMILES string of the molecule is CC(C)(C)C1CCN(CC2[C@H]3CN(C(C)(C)C)C[C@@H]23)CC1.CC(C)(C)C1CCN(CCC2CCN(C(C)(C)C)CC2)CC1.CC(C)(C)C1CN(C2CCN(C(C)(C)C)CC2)C1.CC(C)(C)C1CN(C[C@H]2CCN(C(C)(C)C)C2)C1.CC(C)(C)CCCCN1CC(C(C)(C)C)C1.CC(C)(C)N1CCC(CCN2CCN(C(C)(C)C)CC2)CC1.CC(C)(C)N1CCN(CC2[C@H]3CN(C(C)(C)C)C[C@@H]23)CC1. The summed E-state index contributed by atoms with van der Waals surface area (Å²) in [4.78, 5) is 40.2. The molecule has 15 nitrogen and oxygen atoms in total. The molecule has 2 aliphatic carbocycles. The van der Waals surface area contributed by atoms with Gasteiger partial charge in [-0.2, -0.15) is 0 Å². The molecule has 0 N–H and O–H groups in total. The predicted molar refractivity (Wildman–Crippen MR) is 604 cm³/mol. The zero-order chi connectivity index (χ0) is 103. The summed E-state index contributed by atoms with van der Waals surface area (Å²) in [5.41, 5.74) is 5.92. The van der Waals surface area contributed by atoms with Crippen LogP contribution < -0.4 is 0 Å². The van der Waals surface area contributed by atoms with Gasteiger partial charge in [0.2, 0.25) is 0 Å². The van der Waals surface area contributed by atoms with Crippen molar-refractivity contribution in [3.63, 3.8) is 0 Å². The molecule has 0 radical (unpaired) electrons. The van der Waals surface area contributed by atoms with E-state index in [9.17, 15) is 0 Å². The molecule has 0 aromatic heterocycles. The molecule has 7 atom stereocenters. The number of fused-ring (bicyclic) bond motifs is 2. The van der Waals surface area contributed by atoms with E-state index in [0.29, 0.717) is 76.8 Å². The minimum atomic E-state index is 0.339. The first kappa shape index (κ1) is 121. The van der Waals surface area contributed by atoms with Crippen LogP contribution in [0.15, 0.2) is 0 Å². The van der Waals surface area contributed by atoms with Crippen LogP contribution in [0.25, 0.3) is 0 Å². The highest BCUT2D eigenvalue weighted by Crippen LogP contribution is 2.55. The molecule has 15 fully saturated rings. The van der Waals surface area contributed by atoms with Crippen LogP contribution in [0.3, 0.4) is 0 Å². The van der Waals surface area contributed by atoms with Gasteiger partial charge in [-0.25, -0.2) is 0 Å². The Kier molecular flexibility index (Phi) is 43.1. The Bertz CT molecular complexity index is 3130. The van der Waals surface area contributed by atoms with Crippen LogP contribution in [0.4, 0.5) is 0 Å². The normalized spacial score (nSPS) is 28.3. The van der Waals surface area contributed by atoms with Crippen molar-refractivity contribution < 1.29 is 0 Å². The highest BCUT2D eigenvalue weighted by molar-refractivity contribution is 5.10. The van der Waals surface area contributed by atoms with Gasteiger partial charge in [0, 0.05) is 207 Å². The summed E-state index contributed by atoms with van der Waals surface area (Å²) in [5.74, 6) is 13.5. The topological polar surface area (TPSA) is 48.6 Å². The molecule has 0 spiro atoms. The second kappa shape index (κ2) is 49.2. The van der Waals surface area contributed by atoms with Crippen molar-refractivity contribution in [2.75, 3.05) is 236 Å². The maximum Gasteiger partial charge on any atom is 0.0126 e. The molecule has 13 heterocycles. The van der Waals surface area contributed by atoms with Gasteiger partial charge in [-0.05, 0) is 456 Å². The summed E-state index contributed by atoms with van der Waals surface area (Å²) in [6.45, 7) is 147. The lowest BCUT2D eigenvalue weighted by molar-refractivity contribution is -0.0345. The van der Waals surface area contributed by atoms with E-state index >= 15 is 0 Å². The molecule has 15 aliphatic rings. The van der Waals surface area contributed by atoms with E-state index in [1.807, 2.05) is 0 Å². The van der Waals surface area contributed by atoms with Gasteiger partial charge in [-0.1, -0.05) is 131 Å². The molecule has 0 aromatic rings. The van der Waals surface area contributed by atoms with Gasteiger partial charge in [0.1, 0.15) is 0 Å². The van der Waals surface area contributed by atoms with E-state index in [0.717, 1.165) is 88.9 Å². The minimum Gasteiger partial charge on any atom is -0.303 e. The molecule has 0 bridgehead atoms. The van der Waals surface area contributed by atoms with Gasteiger partial charge in [0.15, 0.2) is 0 Å². The van der Waals surface area contributed by atoms with Gasteiger partial charge in [-0.3, -0.25) is 44.1 Å². The molecular formula is C123H245N15. The molecule has 13 saturated heterocycles. The van der Waals surface area contributed by atoms with E-state index < -0.39 is 0 Å². The Balaban J connectivity index is 0.000000181. The zero-order valence-electron chi connectivity index (χ0n) is 101. The summed E-state index contributed by atoms with van der Waals surface area (Å²) >= 11 is 0. The van der Waals surface area contributed by atoms with Crippen LogP contribution in [0, 0.1) is 115 Å². The molecule has 15 heteroatoms. The zero-order valence-corrected chi connectivity index (χ0v) is 101. The van der Waals surface area contributed by atoms with Crippen LogP contribution in [-0.2, 0) is 0 Å². The largest absolute Gasteiger partial charge is 0.303 e. The van der Waals surface area contributed by atoms with Crippen LogP contribution in [0.1, 0.15) is 394 Å². The quantitative estimate of drug-likeness (QED) is 0.130. The Morgan fingerprint density at radius 2 is 0.457 bits per heavy atom. The lowest BCUT2D eigenvalue weighted by atomic mass is 9.75. The van der Waals surface area contributed by atoms with Gasteiger partial charge >= 0.3 is 0 Å². The second-order valence-corrected chi connectivity index (χ2v) is 63.6. The smallest absolute Gasteiger partial charge is 0.0126 e. The Labute approximate surface area is 863 Å². The number of piperazine rings is 2. The van der Waals surface area contributed by atoms with Gasteiger partial charge in [0.25, 0.3) is 0 Å². The summed E-state index contributed by atoms with van der Waals surface area (Å²) in [6, 6.07) is 0.863. The number of nitrogens with zero attached hydrogens (tertiary/aromatic N) is 15. The van der Waals surface area contributed by atoms with E-state index in [1.165, 1.54) is 338 Å². The average molecular weight is 1930 g/mol.